The Kier molecular flexibility index (Phi) is 8.87. The molecule has 2 amide bonds. The fourth-order valence-electron chi connectivity index (χ4n) is 3.95. The Morgan fingerprint density at radius 2 is 1.60 bits per heavy atom. The molecule has 0 aromatic heterocycles. The molecule has 1 N–H and O–H groups in total. The van der Waals surface area contributed by atoms with Crippen molar-refractivity contribution in [1.82, 2.24) is 10.2 Å². The fourth-order valence-corrected chi connectivity index (χ4v) is 3.95. The van der Waals surface area contributed by atoms with Crippen molar-refractivity contribution in [2.24, 2.45) is 5.41 Å². The Hall–Kier alpha value is -3.39. The Labute approximate surface area is 206 Å². The molecule has 188 valence electrons. The Morgan fingerprint density at radius 1 is 1.00 bits per heavy atom. The molecule has 8 nitrogen and oxygen atoms in total. The van der Waals surface area contributed by atoms with Crippen LogP contribution in [0.25, 0.3) is 0 Å². The molecule has 0 bridgehead atoms. The summed E-state index contributed by atoms with van der Waals surface area (Å²) in [5.41, 5.74) is 1.24. The molecule has 3 rings (SSSR count). The van der Waals surface area contributed by atoms with E-state index in [1.807, 2.05) is 81.4 Å². The van der Waals surface area contributed by atoms with Crippen LogP contribution in [-0.2, 0) is 36.8 Å². The van der Waals surface area contributed by atoms with Gasteiger partial charge in [0, 0.05) is 11.8 Å². The average Bonchev–Trinajstić information content (AvgIpc) is 3.30. The SMILES string of the molecule is CCOC(=O)[C@H](Cc1ccccc1)NC(=O)[C@@H]1CO[C@H](C(C)(C)C)N1C(=O)OCc1ccccc1. The number of carbonyl (C=O) groups is 3. The van der Waals surface area contributed by atoms with Crippen LogP contribution in [0.3, 0.4) is 0 Å². The van der Waals surface area contributed by atoms with E-state index in [2.05, 4.69) is 5.32 Å². The van der Waals surface area contributed by atoms with Crippen molar-refractivity contribution in [1.29, 1.82) is 0 Å². The molecule has 3 atom stereocenters. The van der Waals surface area contributed by atoms with Gasteiger partial charge in [-0.2, -0.15) is 0 Å². The van der Waals surface area contributed by atoms with Crippen molar-refractivity contribution >= 4 is 18.0 Å². The Bertz CT molecular complexity index is 990. The van der Waals surface area contributed by atoms with Gasteiger partial charge in [0.1, 0.15) is 24.9 Å². The zero-order chi connectivity index (χ0) is 25.4. The molecular weight excluding hydrogens is 448 g/mol. The normalized spacial score (nSPS) is 18.6. The molecule has 2 aromatic rings. The van der Waals surface area contributed by atoms with E-state index in [0.29, 0.717) is 0 Å². The number of benzene rings is 2. The molecule has 2 aromatic carbocycles. The van der Waals surface area contributed by atoms with Gasteiger partial charge in [-0.15, -0.1) is 0 Å². The standard InChI is InChI=1S/C27H34N2O6/c1-5-33-24(31)21(16-19-12-8-6-9-13-19)28-23(30)22-18-34-25(27(2,3)4)29(22)26(32)35-17-20-14-10-7-11-15-20/h6-15,21-22,25H,5,16-18H2,1-4H3,(H,28,30)/t21-,22-,25+/m0/s1. The van der Waals surface area contributed by atoms with Crippen molar-refractivity contribution < 1.29 is 28.6 Å². The van der Waals surface area contributed by atoms with Gasteiger partial charge in [-0.1, -0.05) is 81.4 Å². The van der Waals surface area contributed by atoms with Gasteiger partial charge in [0.25, 0.3) is 0 Å². The minimum Gasteiger partial charge on any atom is -0.464 e. The smallest absolute Gasteiger partial charge is 0.412 e. The summed E-state index contributed by atoms with van der Waals surface area (Å²) in [7, 11) is 0. The quantitative estimate of drug-likeness (QED) is 0.577. The first kappa shape index (κ1) is 26.2. The highest BCUT2D eigenvalue weighted by Crippen LogP contribution is 2.32. The molecule has 1 heterocycles. The van der Waals surface area contributed by atoms with Gasteiger partial charge >= 0.3 is 12.1 Å². The highest BCUT2D eigenvalue weighted by atomic mass is 16.6. The summed E-state index contributed by atoms with van der Waals surface area (Å²) in [5, 5.41) is 2.78. The number of hydrogen-bond acceptors (Lipinski definition) is 6. The summed E-state index contributed by atoms with van der Waals surface area (Å²) < 4.78 is 16.6. The number of rotatable bonds is 8. The maximum Gasteiger partial charge on any atom is 0.412 e. The third-order valence-electron chi connectivity index (χ3n) is 5.63. The Balaban J connectivity index is 1.77. The number of carbonyl (C=O) groups excluding carboxylic acids is 3. The van der Waals surface area contributed by atoms with Crippen molar-refractivity contribution in [2.45, 2.75) is 59.0 Å². The van der Waals surface area contributed by atoms with Crippen LogP contribution in [0.4, 0.5) is 4.79 Å². The maximum atomic E-state index is 13.4. The number of hydrogen-bond donors (Lipinski definition) is 1. The van der Waals surface area contributed by atoms with Crippen LogP contribution in [0, 0.1) is 5.41 Å². The molecule has 0 saturated carbocycles. The van der Waals surface area contributed by atoms with Crippen molar-refractivity contribution in [2.75, 3.05) is 13.2 Å². The second kappa shape index (κ2) is 11.8. The van der Waals surface area contributed by atoms with Gasteiger partial charge in [-0.25, -0.2) is 9.59 Å². The van der Waals surface area contributed by atoms with Crippen molar-refractivity contribution in [3.8, 4) is 0 Å². The molecule has 1 saturated heterocycles. The summed E-state index contributed by atoms with van der Waals surface area (Å²) in [4.78, 5) is 40.5. The zero-order valence-corrected chi connectivity index (χ0v) is 20.7. The van der Waals surface area contributed by atoms with Gasteiger partial charge in [-0.05, 0) is 18.1 Å². The monoisotopic (exact) mass is 482 g/mol. The minimum atomic E-state index is -0.949. The first-order valence-corrected chi connectivity index (χ1v) is 11.8. The summed E-state index contributed by atoms with van der Waals surface area (Å²) in [6.07, 6.45) is -1.06. The van der Waals surface area contributed by atoms with E-state index in [1.165, 1.54) is 4.90 Å². The third-order valence-corrected chi connectivity index (χ3v) is 5.63. The van der Waals surface area contributed by atoms with Crippen LogP contribution in [0.5, 0.6) is 0 Å². The molecule has 35 heavy (non-hydrogen) atoms. The largest absolute Gasteiger partial charge is 0.464 e. The first-order valence-electron chi connectivity index (χ1n) is 11.8. The highest BCUT2D eigenvalue weighted by Gasteiger charge is 2.48. The summed E-state index contributed by atoms with van der Waals surface area (Å²) in [6.45, 7) is 7.74. The van der Waals surface area contributed by atoms with Gasteiger partial charge in [0.05, 0.1) is 13.2 Å². The number of amides is 2. The van der Waals surface area contributed by atoms with Gasteiger partial charge in [0.15, 0.2) is 0 Å². The third kappa shape index (κ3) is 7.05. The molecule has 0 unspecified atom stereocenters. The second-order valence-electron chi connectivity index (χ2n) is 9.52. The van der Waals surface area contributed by atoms with Crippen LogP contribution in [0.1, 0.15) is 38.8 Å². The molecular formula is C27H34N2O6. The summed E-state index contributed by atoms with van der Waals surface area (Å²) in [6, 6.07) is 16.8. The van der Waals surface area contributed by atoms with Crippen LogP contribution >= 0.6 is 0 Å². The lowest BCUT2D eigenvalue weighted by Gasteiger charge is -2.34. The van der Waals surface area contributed by atoms with E-state index >= 15 is 0 Å². The summed E-state index contributed by atoms with van der Waals surface area (Å²) >= 11 is 0. The van der Waals surface area contributed by atoms with Crippen LogP contribution in [0.2, 0.25) is 0 Å². The Morgan fingerprint density at radius 3 is 2.17 bits per heavy atom. The van der Waals surface area contributed by atoms with E-state index in [-0.39, 0.29) is 26.2 Å². The number of ether oxygens (including phenoxy) is 3. The number of nitrogens with zero attached hydrogens (tertiary/aromatic N) is 1. The van der Waals surface area contributed by atoms with Crippen LogP contribution in [-0.4, -0.2) is 54.4 Å². The van der Waals surface area contributed by atoms with E-state index in [4.69, 9.17) is 14.2 Å². The van der Waals surface area contributed by atoms with E-state index in [0.717, 1.165) is 11.1 Å². The molecule has 8 heteroatoms. The average molecular weight is 483 g/mol. The van der Waals surface area contributed by atoms with Gasteiger partial charge in [0.2, 0.25) is 5.91 Å². The van der Waals surface area contributed by atoms with Crippen LogP contribution in [0.15, 0.2) is 60.7 Å². The maximum absolute atomic E-state index is 13.4. The second-order valence-corrected chi connectivity index (χ2v) is 9.52. The van der Waals surface area contributed by atoms with Gasteiger partial charge in [-0.3, -0.25) is 9.69 Å². The molecule has 0 radical (unpaired) electrons. The lowest BCUT2D eigenvalue weighted by atomic mass is 9.93. The van der Waals surface area contributed by atoms with Crippen LogP contribution < -0.4 is 5.32 Å². The minimum absolute atomic E-state index is 0.00487. The molecule has 1 aliphatic heterocycles. The zero-order valence-electron chi connectivity index (χ0n) is 20.7. The first-order chi connectivity index (χ1) is 16.7. The van der Waals surface area contributed by atoms with E-state index in [1.54, 1.807) is 6.92 Å². The fraction of sp³-hybridized carbons (Fsp3) is 0.444. The number of nitrogens with one attached hydrogen (secondary N) is 1. The predicted octanol–water partition coefficient (Wildman–Crippen LogP) is 3.69. The predicted molar refractivity (Wildman–Crippen MR) is 130 cm³/mol. The molecule has 1 fully saturated rings. The van der Waals surface area contributed by atoms with Crippen molar-refractivity contribution in [3.05, 3.63) is 71.8 Å². The molecule has 0 spiro atoms. The lowest BCUT2D eigenvalue weighted by molar-refractivity contribution is -0.147. The lowest BCUT2D eigenvalue weighted by Crippen LogP contribution is -2.55. The van der Waals surface area contributed by atoms with E-state index in [9.17, 15) is 14.4 Å². The van der Waals surface area contributed by atoms with Crippen molar-refractivity contribution in [3.63, 3.8) is 0 Å². The summed E-state index contributed by atoms with van der Waals surface area (Å²) in [5.74, 6) is -1.03. The highest BCUT2D eigenvalue weighted by molar-refractivity contribution is 5.90. The molecule has 0 aliphatic carbocycles. The topological polar surface area (TPSA) is 94.2 Å². The van der Waals surface area contributed by atoms with E-state index < -0.39 is 41.7 Å². The number of esters is 1. The molecule has 1 aliphatic rings. The van der Waals surface area contributed by atoms with Gasteiger partial charge < -0.3 is 19.5 Å².